The summed E-state index contributed by atoms with van der Waals surface area (Å²) in [5.74, 6) is 0.538. The van der Waals surface area contributed by atoms with Crippen LogP contribution >= 0.6 is 0 Å². The normalized spacial score (nSPS) is 17.2. The van der Waals surface area contributed by atoms with Gasteiger partial charge in [-0.1, -0.05) is 12.1 Å². The Balaban J connectivity index is 1.44. The smallest absolute Gasteiger partial charge is 0.251 e. The summed E-state index contributed by atoms with van der Waals surface area (Å²) in [6, 6.07) is 11.8. The van der Waals surface area contributed by atoms with Crippen molar-refractivity contribution in [2.75, 3.05) is 31.5 Å². The summed E-state index contributed by atoms with van der Waals surface area (Å²) in [4.78, 5) is 16.2. The summed E-state index contributed by atoms with van der Waals surface area (Å²) in [6.45, 7) is 3.39. The zero-order chi connectivity index (χ0) is 16.6. The molecular weight excluding hydrogens is 300 g/mol. The SMILES string of the molecule is O=C(NCCNc1cccnc1)c1ccc([C@@H]2CCCNC2)cc1. The van der Waals surface area contributed by atoms with Gasteiger partial charge < -0.3 is 16.0 Å². The maximum absolute atomic E-state index is 12.2. The van der Waals surface area contributed by atoms with Crippen molar-refractivity contribution in [2.45, 2.75) is 18.8 Å². The predicted molar refractivity (Wildman–Crippen MR) is 96.3 cm³/mol. The van der Waals surface area contributed by atoms with Crippen molar-refractivity contribution < 1.29 is 4.79 Å². The van der Waals surface area contributed by atoms with Crippen LogP contribution in [0, 0.1) is 0 Å². The number of nitrogens with zero attached hydrogens (tertiary/aromatic N) is 1. The summed E-state index contributed by atoms with van der Waals surface area (Å²) < 4.78 is 0. The molecule has 1 aliphatic heterocycles. The zero-order valence-corrected chi connectivity index (χ0v) is 13.8. The lowest BCUT2D eigenvalue weighted by atomic mass is 9.91. The molecule has 0 spiro atoms. The fourth-order valence-corrected chi connectivity index (χ4v) is 3.00. The molecule has 1 amide bonds. The first kappa shape index (κ1) is 16.5. The number of carbonyl (C=O) groups is 1. The third-order valence-electron chi connectivity index (χ3n) is 4.34. The average molecular weight is 324 g/mol. The number of hydrogen-bond donors (Lipinski definition) is 3. The third kappa shape index (κ3) is 4.55. The molecule has 0 unspecified atom stereocenters. The summed E-state index contributed by atoms with van der Waals surface area (Å²) in [7, 11) is 0. The number of amides is 1. The maximum Gasteiger partial charge on any atom is 0.251 e. The Morgan fingerprint density at radius 2 is 2.08 bits per heavy atom. The molecule has 1 aliphatic rings. The molecule has 0 radical (unpaired) electrons. The first-order chi connectivity index (χ1) is 11.8. The standard InChI is InChI=1S/C19H24N4O/c24-19(23-12-11-22-18-4-2-10-21-14-18)16-7-5-15(6-8-16)17-3-1-9-20-13-17/h2,4-8,10,14,17,20,22H,1,3,9,11-13H2,(H,23,24)/t17-/m1/s1. The highest BCUT2D eigenvalue weighted by Gasteiger charge is 2.15. The highest BCUT2D eigenvalue weighted by Crippen LogP contribution is 2.23. The minimum Gasteiger partial charge on any atom is -0.382 e. The van der Waals surface area contributed by atoms with Crippen LogP contribution in [-0.4, -0.2) is 37.1 Å². The number of benzene rings is 1. The van der Waals surface area contributed by atoms with Crippen LogP contribution in [0.15, 0.2) is 48.8 Å². The predicted octanol–water partition coefficient (Wildman–Crippen LogP) is 2.39. The molecule has 1 aromatic carbocycles. The van der Waals surface area contributed by atoms with Gasteiger partial charge in [0.05, 0.1) is 5.69 Å². The van der Waals surface area contributed by atoms with Gasteiger partial charge in [-0.25, -0.2) is 0 Å². The zero-order valence-electron chi connectivity index (χ0n) is 13.8. The lowest BCUT2D eigenvalue weighted by Crippen LogP contribution is -2.29. The summed E-state index contributed by atoms with van der Waals surface area (Å²) >= 11 is 0. The second-order valence-corrected chi connectivity index (χ2v) is 6.09. The molecule has 5 heteroatoms. The number of nitrogens with one attached hydrogen (secondary N) is 3. The van der Waals surface area contributed by atoms with Gasteiger partial charge in [-0.3, -0.25) is 9.78 Å². The number of hydrogen-bond acceptors (Lipinski definition) is 4. The van der Waals surface area contributed by atoms with E-state index < -0.39 is 0 Å². The monoisotopic (exact) mass is 324 g/mol. The van der Waals surface area contributed by atoms with E-state index in [4.69, 9.17) is 0 Å². The minimum atomic E-state index is -0.0312. The van der Waals surface area contributed by atoms with Crippen molar-refractivity contribution in [3.63, 3.8) is 0 Å². The van der Waals surface area contributed by atoms with Crippen LogP contribution in [0.1, 0.15) is 34.7 Å². The molecule has 1 aromatic heterocycles. The molecule has 1 atom stereocenters. The highest BCUT2D eigenvalue weighted by molar-refractivity contribution is 5.94. The molecule has 126 valence electrons. The van der Waals surface area contributed by atoms with Crippen LogP contribution in [-0.2, 0) is 0 Å². The number of pyridine rings is 1. The Kier molecular flexibility index (Phi) is 5.80. The summed E-state index contributed by atoms with van der Waals surface area (Å²) in [5, 5.41) is 9.58. The molecule has 24 heavy (non-hydrogen) atoms. The second kappa shape index (κ2) is 8.45. The maximum atomic E-state index is 12.2. The Hall–Kier alpha value is -2.40. The summed E-state index contributed by atoms with van der Waals surface area (Å²) in [6.07, 6.45) is 5.94. The van der Waals surface area contributed by atoms with Gasteiger partial charge >= 0.3 is 0 Å². The van der Waals surface area contributed by atoms with E-state index in [9.17, 15) is 4.79 Å². The van der Waals surface area contributed by atoms with E-state index in [-0.39, 0.29) is 5.91 Å². The molecule has 3 N–H and O–H groups in total. The highest BCUT2D eigenvalue weighted by atomic mass is 16.1. The van der Waals surface area contributed by atoms with Gasteiger partial charge in [0, 0.05) is 37.6 Å². The minimum absolute atomic E-state index is 0.0312. The quantitative estimate of drug-likeness (QED) is 0.714. The molecule has 0 bridgehead atoms. The fraction of sp³-hybridized carbons (Fsp3) is 0.368. The molecule has 2 aromatic rings. The Bertz CT molecular complexity index is 636. The van der Waals surface area contributed by atoms with E-state index in [1.54, 1.807) is 12.4 Å². The van der Waals surface area contributed by atoms with Gasteiger partial charge in [-0.05, 0) is 55.1 Å². The van der Waals surface area contributed by atoms with Crippen molar-refractivity contribution in [1.29, 1.82) is 0 Å². The van der Waals surface area contributed by atoms with E-state index in [0.717, 1.165) is 18.8 Å². The number of aromatic nitrogens is 1. The molecule has 2 heterocycles. The Labute approximate surface area is 142 Å². The lowest BCUT2D eigenvalue weighted by Gasteiger charge is -2.23. The largest absolute Gasteiger partial charge is 0.382 e. The van der Waals surface area contributed by atoms with Gasteiger partial charge in [0.15, 0.2) is 0 Å². The topological polar surface area (TPSA) is 66.0 Å². The van der Waals surface area contributed by atoms with Crippen molar-refractivity contribution in [3.8, 4) is 0 Å². The average Bonchev–Trinajstić information content (AvgIpc) is 2.67. The summed E-state index contributed by atoms with van der Waals surface area (Å²) in [5.41, 5.74) is 2.98. The molecule has 1 saturated heterocycles. The van der Waals surface area contributed by atoms with Crippen LogP contribution < -0.4 is 16.0 Å². The molecule has 5 nitrogen and oxygen atoms in total. The number of anilines is 1. The van der Waals surface area contributed by atoms with Crippen LogP contribution in [0.25, 0.3) is 0 Å². The van der Waals surface area contributed by atoms with Crippen molar-refractivity contribution in [2.24, 2.45) is 0 Å². The van der Waals surface area contributed by atoms with E-state index in [2.05, 4.69) is 33.1 Å². The molecule has 1 fully saturated rings. The Morgan fingerprint density at radius 3 is 2.79 bits per heavy atom. The molecule has 0 aliphatic carbocycles. The first-order valence-corrected chi connectivity index (χ1v) is 8.56. The van der Waals surface area contributed by atoms with E-state index in [0.29, 0.717) is 24.6 Å². The molecule has 0 saturated carbocycles. The van der Waals surface area contributed by atoms with Gasteiger partial charge in [0.1, 0.15) is 0 Å². The van der Waals surface area contributed by atoms with Gasteiger partial charge in [-0.2, -0.15) is 0 Å². The van der Waals surface area contributed by atoms with Crippen molar-refractivity contribution in [3.05, 3.63) is 59.9 Å². The van der Waals surface area contributed by atoms with E-state index in [1.165, 1.54) is 18.4 Å². The number of piperidine rings is 1. The van der Waals surface area contributed by atoms with Crippen molar-refractivity contribution in [1.82, 2.24) is 15.6 Å². The first-order valence-electron chi connectivity index (χ1n) is 8.56. The van der Waals surface area contributed by atoms with Gasteiger partial charge in [-0.15, -0.1) is 0 Å². The van der Waals surface area contributed by atoms with Crippen LogP contribution in [0.3, 0.4) is 0 Å². The molecule has 3 rings (SSSR count). The van der Waals surface area contributed by atoms with Gasteiger partial charge in [0.25, 0.3) is 5.91 Å². The van der Waals surface area contributed by atoms with Crippen LogP contribution in [0.4, 0.5) is 5.69 Å². The fourth-order valence-electron chi connectivity index (χ4n) is 3.00. The van der Waals surface area contributed by atoms with Crippen LogP contribution in [0.5, 0.6) is 0 Å². The molecular formula is C19H24N4O. The van der Waals surface area contributed by atoms with E-state index >= 15 is 0 Å². The van der Waals surface area contributed by atoms with Crippen molar-refractivity contribution >= 4 is 11.6 Å². The Morgan fingerprint density at radius 1 is 1.21 bits per heavy atom. The number of rotatable bonds is 6. The van der Waals surface area contributed by atoms with E-state index in [1.807, 2.05) is 24.3 Å². The van der Waals surface area contributed by atoms with Gasteiger partial charge in [0.2, 0.25) is 0 Å². The third-order valence-corrected chi connectivity index (χ3v) is 4.34. The lowest BCUT2D eigenvalue weighted by molar-refractivity contribution is 0.0955. The second-order valence-electron chi connectivity index (χ2n) is 6.09. The number of carbonyl (C=O) groups excluding carboxylic acids is 1. The van der Waals surface area contributed by atoms with Crippen LogP contribution in [0.2, 0.25) is 0 Å².